The van der Waals surface area contributed by atoms with Gasteiger partial charge in [-0.05, 0) is 33.1 Å². The summed E-state index contributed by atoms with van der Waals surface area (Å²) < 4.78 is 0. The average molecular weight is 270 g/mol. The number of nitrogens with one attached hydrogen (secondary N) is 1. The quantitative estimate of drug-likeness (QED) is 0.662. The summed E-state index contributed by atoms with van der Waals surface area (Å²) >= 11 is 0. The molecule has 0 radical (unpaired) electrons. The Bertz CT molecular complexity index is 329. The van der Waals surface area contributed by atoms with Crippen LogP contribution in [-0.2, 0) is 9.59 Å². The summed E-state index contributed by atoms with van der Waals surface area (Å²) in [6.07, 6.45) is 5.49. The van der Waals surface area contributed by atoms with Crippen LogP contribution in [0.1, 0.15) is 58.8 Å². The van der Waals surface area contributed by atoms with Gasteiger partial charge in [0.15, 0.2) is 0 Å². The molecule has 0 aliphatic heterocycles. The summed E-state index contributed by atoms with van der Waals surface area (Å²) in [7, 11) is 0. The normalized spacial score (nSPS) is 24.6. The van der Waals surface area contributed by atoms with Gasteiger partial charge in [0.25, 0.3) is 0 Å². The fourth-order valence-corrected chi connectivity index (χ4v) is 2.57. The highest BCUT2D eigenvalue weighted by Crippen LogP contribution is 2.23. The van der Waals surface area contributed by atoms with Crippen molar-refractivity contribution in [1.29, 1.82) is 0 Å². The maximum atomic E-state index is 12.3. The predicted molar refractivity (Wildman–Crippen MR) is 73.6 cm³/mol. The molecule has 0 bridgehead atoms. The van der Waals surface area contributed by atoms with Gasteiger partial charge in [0.2, 0.25) is 5.91 Å². The summed E-state index contributed by atoms with van der Waals surface area (Å²) in [5.74, 6) is -0.995. The summed E-state index contributed by atoms with van der Waals surface area (Å²) in [5.41, 5.74) is 5.57. The zero-order valence-corrected chi connectivity index (χ0v) is 11.9. The highest BCUT2D eigenvalue weighted by molar-refractivity contribution is 5.80. The average Bonchev–Trinajstić information content (AvgIpc) is 2.51. The molecule has 4 N–H and O–H groups in total. The van der Waals surface area contributed by atoms with E-state index in [0.717, 1.165) is 32.1 Å². The van der Waals surface area contributed by atoms with Gasteiger partial charge in [0, 0.05) is 18.0 Å². The van der Waals surface area contributed by atoms with Crippen LogP contribution in [0.3, 0.4) is 0 Å². The van der Waals surface area contributed by atoms with Crippen LogP contribution in [0.2, 0.25) is 0 Å². The van der Waals surface area contributed by atoms with E-state index in [-0.39, 0.29) is 24.3 Å². The second kappa shape index (κ2) is 6.89. The van der Waals surface area contributed by atoms with Crippen molar-refractivity contribution < 1.29 is 14.7 Å². The molecule has 5 heteroatoms. The molecular weight excluding hydrogens is 244 g/mol. The molecule has 5 nitrogen and oxygen atoms in total. The molecule has 1 amide bonds. The van der Waals surface area contributed by atoms with Crippen molar-refractivity contribution in [2.24, 2.45) is 11.7 Å². The molecule has 0 aromatic heterocycles. The molecule has 0 saturated heterocycles. The Kier molecular flexibility index (Phi) is 5.79. The molecular formula is C14H26N2O3. The van der Waals surface area contributed by atoms with Gasteiger partial charge in [-0.2, -0.15) is 0 Å². The van der Waals surface area contributed by atoms with Gasteiger partial charge in [-0.3, -0.25) is 9.59 Å². The number of carboxylic acids is 1. The zero-order chi connectivity index (χ0) is 14.5. The van der Waals surface area contributed by atoms with E-state index in [2.05, 4.69) is 5.32 Å². The largest absolute Gasteiger partial charge is 0.481 e. The fourth-order valence-electron chi connectivity index (χ4n) is 2.57. The van der Waals surface area contributed by atoms with E-state index >= 15 is 0 Å². The maximum absolute atomic E-state index is 12.3. The van der Waals surface area contributed by atoms with Gasteiger partial charge in [0.1, 0.15) is 0 Å². The number of carbonyl (C=O) groups is 2. The van der Waals surface area contributed by atoms with Crippen molar-refractivity contribution in [2.75, 3.05) is 0 Å². The van der Waals surface area contributed by atoms with Crippen LogP contribution in [0.25, 0.3) is 0 Å². The molecule has 1 rings (SSSR count). The van der Waals surface area contributed by atoms with Crippen molar-refractivity contribution in [3.63, 3.8) is 0 Å². The Balaban J connectivity index is 2.54. The molecule has 19 heavy (non-hydrogen) atoms. The summed E-state index contributed by atoms with van der Waals surface area (Å²) in [6.45, 7) is 3.71. The number of carboxylic acid groups (broad SMARTS) is 1. The van der Waals surface area contributed by atoms with Crippen LogP contribution < -0.4 is 11.1 Å². The topological polar surface area (TPSA) is 92.4 Å². The van der Waals surface area contributed by atoms with Gasteiger partial charge < -0.3 is 16.2 Å². The minimum atomic E-state index is -0.839. The van der Waals surface area contributed by atoms with Gasteiger partial charge in [-0.15, -0.1) is 0 Å². The first kappa shape index (κ1) is 16.0. The van der Waals surface area contributed by atoms with E-state index in [1.165, 1.54) is 0 Å². The highest BCUT2D eigenvalue weighted by Gasteiger charge is 2.30. The fraction of sp³-hybridized carbons (Fsp3) is 0.857. The molecule has 2 atom stereocenters. The van der Waals surface area contributed by atoms with Crippen molar-refractivity contribution in [2.45, 2.75) is 70.4 Å². The molecule has 0 aromatic rings. The Morgan fingerprint density at radius 3 is 2.53 bits per heavy atom. The molecule has 0 aromatic carbocycles. The molecule has 0 spiro atoms. The first-order chi connectivity index (χ1) is 8.82. The lowest BCUT2D eigenvalue weighted by molar-refractivity contribution is -0.138. The van der Waals surface area contributed by atoms with Crippen LogP contribution in [-0.4, -0.2) is 28.6 Å². The standard InChI is InChI=1S/C14H26N2O3/c1-14(2,9-8-12(17)18)16-13(19)10-6-4-3-5-7-11(10)15/h10-11H,3-9,15H2,1-2H3,(H,16,19)(H,17,18). The number of rotatable bonds is 5. The number of aliphatic carboxylic acids is 1. The Labute approximate surface area is 114 Å². The van der Waals surface area contributed by atoms with Gasteiger partial charge >= 0.3 is 5.97 Å². The number of carbonyl (C=O) groups excluding carboxylic acids is 1. The van der Waals surface area contributed by atoms with E-state index in [1.54, 1.807) is 0 Å². The molecule has 110 valence electrons. The monoisotopic (exact) mass is 270 g/mol. The molecule has 1 fully saturated rings. The van der Waals surface area contributed by atoms with Crippen molar-refractivity contribution >= 4 is 11.9 Å². The maximum Gasteiger partial charge on any atom is 0.303 e. The van der Waals surface area contributed by atoms with Crippen LogP contribution in [0, 0.1) is 5.92 Å². The SMILES string of the molecule is CC(C)(CCC(=O)O)NC(=O)C1CCCCCC1N. The van der Waals surface area contributed by atoms with Gasteiger partial charge in [-0.1, -0.05) is 19.3 Å². The molecule has 1 aliphatic rings. The first-order valence-electron chi connectivity index (χ1n) is 7.11. The minimum Gasteiger partial charge on any atom is -0.481 e. The summed E-state index contributed by atoms with van der Waals surface area (Å²) in [6, 6.07) is -0.0715. The predicted octanol–water partition coefficient (Wildman–Crippen LogP) is 1.65. The summed E-state index contributed by atoms with van der Waals surface area (Å²) in [4.78, 5) is 22.9. The molecule has 2 unspecified atom stereocenters. The van der Waals surface area contributed by atoms with Crippen molar-refractivity contribution in [3.05, 3.63) is 0 Å². The Morgan fingerprint density at radius 2 is 1.89 bits per heavy atom. The number of amides is 1. The molecule has 1 aliphatic carbocycles. The van der Waals surface area contributed by atoms with E-state index in [0.29, 0.717) is 6.42 Å². The number of hydrogen-bond acceptors (Lipinski definition) is 3. The zero-order valence-electron chi connectivity index (χ0n) is 11.9. The first-order valence-corrected chi connectivity index (χ1v) is 7.11. The van der Waals surface area contributed by atoms with Gasteiger partial charge in [0.05, 0.1) is 5.92 Å². The Hall–Kier alpha value is -1.10. The van der Waals surface area contributed by atoms with E-state index in [9.17, 15) is 9.59 Å². The van der Waals surface area contributed by atoms with Crippen LogP contribution in [0.15, 0.2) is 0 Å². The third-order valence-corrected chi connectivity index (χ3v) is 3.83. The van der Waals surface area contributed by atoms with Crippen LogP contribution in [0.5, 0.6) is 0 Å². The molecule has 0 heterocycles. The van der Waals surface area contributed by atoms with Gasteiger partial charge in [-0.25, -0.2) is 0 Å². The third-order valence-electron chi connectivity index (χ3n) is 3.83. The lowest BCUT2D eigenvalue weighted by Gasteiger charge is -2.30. The minimum absolute atomic E-state index is 0.0233. The Morgan fingerprint density at radius 1 is 1.26 bits per heavy atom. The lowest BCUT2D eigenvalue weighted by atomic mass is 9.91. The second-order valence-electron chi connectivity index (χ2n) is 6.18. The molecule has 1 saturated carbocycles. The van der Waals surface area contributed by atoms with Crippen LogP contribution >= 0.6 is 0 Å². The third kappa shape index (κ3) is 5.59. The second-order valence-corrected chi connectivity index (χ2v) is 6.18. The van der Waals surface area contributed by atoms with Crippen LogP contribution in [0.4, 0.5) is 0 Å². The lowest BCUT2D eigenvalue weighted by Crippen LogP contribution is -2.50. The van der Waals surface area contributed by atoms with E-state index in [1.807, 2.05) is 13.8 Å². The smallest absolute Gasteiger partial charge is 0.303 e. The summed E-state index contributed by atoms with van der Waals surface area (Å²) in [5, 5.41) is 11.7. The van der Waals surface area contributed by atoms with Crippen molar-refractivity contribution in [3.8, 4) is 0 Å². The number of nitrogens with two attached hydrogens (primary N) is 1. The van der Waals surface area contributed by atoms with Crippen molar-refractivity contribution in [1.82, 2.24) is 5.32 Å². The van der Waals surface area contributed by atoms with E-state index < -0.39 is 11.5 Å². The number of hydrogen-bond donors (Lipinski definition) is 3. The van der Waals surface area contributed by atoms with E-state index in [4.69, 9.17) is 10.8 Å². The highest BCUT2D eigenvalue weighted by atomic mass is 16.4.